The molecular formula is C14H12F3N3O2S. The summed E-state index contributed by atoms with van der Waals surface area (Å²) in [5.74, 6) is 0. The first-order valence-electron chi connectivity index (χ1n) is 6.48. The Morgan fingerprint density at radius 3 is 2.48 bits per heavy atom. The van der Waals surface area contributed by atoms with Gasteiger partial charge in [-0.3, -0.25) is 0 Å². The topological polar surface area (TPSA) is 75.8 Å². The summed E-state index contributed by atoms with van der Waals surface area (Å²) >= 11 is 0. The fourth-order valence-electron chi connectivity index (χ4n) is 1.86. The molecule has 1 aromatic carbocycles. The van der Waals surface area contributed by atoms with E-state index in [4.69, 9.17) is 5.26 Å². The first kappa shape index (κ1) is 17.0. The van der Waals surface area contributed by atoms with Gasteiger partial charge in [0.15, 0.2) is 0 Å². The molecule has 23 heavy (non-hydrogen) atoms. The maximum Gasteiger partial charge on any atom is 0.416 e. The number of hydrogen-bond acceptors (Lipinski definition) is 4. The van der Waals surface area contributed by atoms with Crippen LogP contribution >= 0.6 is 0 Å². The third-order valence-corrected chi connectivity index (χ3v) is 5.11. The van der Waals surface area contributed by atoms with Crippen LogP contribution < -0.4 is 0 Å². The van der Waals surface area contributed by atoms with Gasteiger partial charge in [0, 0.05) is 11.1 Å². The molecule has 0 bridgehead atoms. The van der Waals surface area contributed by atoms with Crippen molar-refractivity contribution in [3.05, 3.63) is 41.7 Å². The Bertz CT molecular complexity index is 877. The van der Waals surface area contributed by atoms with E-state index in [9.17, 15) is 21.6 Å². The van der Waals surface area contributed by atoms with Gasteiger partial charge in [-0.1, -0.05) is 0 Å². The van der Waals surface area contributed by atoms with Gasteiger partial charge in [-0.2, -0.15) is 27.6 Å². The summed E-state index contributed by atoms with van der Waals surface area (Å²) in [6.07, 6.45) is -2.34. The lowest BCUT2D eigenvalue weighted by atomic mass is 10.00. The molecule has 0 amide bonds. The van der Waals surface area contributed by atoms with Gasteiger partial charge < -0.3 is 0 Å². The van der Waals surface area contributed by atoms with E-state index in [1.165, 1.54) is 13.8 Å². The Labute approximate surface area is 131 Å². The van der Waals surface area contributed by atoms with Crippen LogP contribution in [0.25, 0.3) is 11.1 Å². The molecule has 1 aromatic heterocycles. The second-order valence-corrected chi connectivity index (χ2v) is 7.41. The quantitative estimate of drug-likeness (QED) is 0.858. The largest absolute Gasteiger partial charge is 0.416 e. The summed E-state index contributed by atoms with van der Waals surface area (Å²) in [5, 5.41) is 12.0. The highest BCUT2D eigenvalue weighted by Gasteiger charge is 2.31. The molecule has 0 saturated heterocycles. The standard InChI is InChI=1S/C14H12F3N3O2S/c1-9(2)23(21,22)20-8-11(7-19-20)13-5-12(14(15,16)17)4-3-10(13)6-18/h3-5,7-9H,1-2H3. The van der Waals surface area contributed by atoms with Crippen molar-refractivity contribution in [3.8, 4) is 17.2 Å². The Morgan fingerprint density at radius 1 is 1.30 bits per heavy atom. The molecule has 0 aliphatic rings. The summed E-state index contributed by atoms with van der Waals surface area (Å²) in [6.45, 7) is 2.92. The zero-order valence-corrected chi connectivity index (χ0v) is 13.0. The molecule has 0 N–H and O–H groups in total. The molecular weight excluding hydrogens is 331 g/mol. The van der Waals surface area contributed by atoms with Crippen molar-refractivity contribution in [2.45, 2.75) is 25.3 Å². The van der Waals surface area contributed by atoms with E-state index in [1.54, 1.807) is 6.07 Å². The van der Waals surface area contributed by atoms with Crippen LogP contribution in [0, 0.1) is 11.3 Å². The van der Waals surface area contributed by atoms with Gasteiger partial charge >= 0.3 is 6.18 Å². The van der Waals surface area contributed by atoms with E-state index in [2.05, 4.69) is 5.10 Å². The van der Waals surface area contributed by atoms with E-state index >= 15 is 0 Å². The first-order valence-corrected chi connectivity index (χ1v) is 7.98. The van der Waals surface area contributed by atoms with E-state index in [0.29, 0.717) is 4.09 Å². The molecule has 9 heteroatoms. The lowest BCUT2D eigenvalue weighted by molar-refractivity contribution is -0.137. The van der Waals surface area contributed by atoms with Crippen molar-refractivity contribution in [2.24, 2.45) is 0 Å². The fourth-order valence-corrected chi connectivity index (χ4v) is 2.73. The minimum atomic E-state index is -4.57. The smallest absolute Gasteiger partial charge is 0.204 e. The third kappa shape index (κ3) is 3.22. The SMILES string of the molecule is CC(C)S(=O)(=O)n1cc(-c2cc(C(F)(F)F)ccc2C#N)cn1. The average molecular weight is 343 g/mol. The summed E-state index contributed by atoms with van der Waals surface area (Å²) in [6, 6.07) is 4.45. The molecule has 0 aliphatic heterocycles. The van der Waals surface area contributed by atoms with Crippen molar-refractivity contribution < 1.29 is 21.6 Å². The third-order valence-electron chi connectivity index (χ3n) is 3.19. The number of hydrogen-bond donors (Lipinski definition) is 0. The number of nitrogens with zero attached hydrogens (tertiary/aromatic N) is 3. The van der Waals surface area contributed by atoms with Gasteiger partial charge in [0.1, 0.15) is 0 Å². The monoisotopic (exact) mass is 343 g/mol. The second-order valence-electron chi connectivity index (χ2n) is 5.07. The predicted octanol–water partition coefficient (Wildman–Crippen LogP) is 3.03. The second kappa shape index (κ2) is 5.70. The molecule has 0 aliphatic carbocycles. The maximum absolute atomic E-state index is 12.8. The average Bonchev–Trinajstić information content (AvgIpc) is 2.95. The summed E-state index contributed by atoms with van der Waals surface area (Å²) in [4.78, 5) is 0. The molecule has 0 unspecified atom stereocenters. The lowest BCUT2D eigenvalue weighted by Gasteiger charge is -2.09. The predicted molar refractivity (Wildman–Crippen MR) is 76.8 cm³/mol. The highest BCUT2D eigenvalue weighted by Crippen LogP contribution is 2.34. The molecule has 5 nitrogen and oxygen atoms in total. The molecule has 0 spiro atoms. The number of rotatable bonds is 3. The fraction of sp³-hybridized carbons (Fsp3) is 0.286. The minimum absolute atomic E-state index is 0.000468. The van der Waals surface area contributed by atoms with Crippen LogP contribution in [-0.2, 0) is 16.2 Å². The molecule has 2 aromatic rings. The maximum atomic E-state index is 12.8. The van der Waals surface area contributed by atoms with Gasteiger partial charge in [0.25, 0.3) is 10.0 Å². The van der Waals surface area contributed by atoms with E-state index in [-0.39, 0.29) is 16.7 Å². The van der Waals surface area contributed by atoms with Gasteiger partial charge in [-0.05, 0) is 32.0 Å². The van der Waals surface area contributed by atoms with Crippen LogP contribution in [-0.4, -0.2) is 22.9 Å². The van der Waals surface area contributed by atoms with E-state index < -0.39 is 27.0 Å². The molecule has 0 radical (unpaired) electrons. The number of benzene rings is 1. The Balaban J connectivity index is 2.59. The van der Waals surface area contributed by atoms with E-state index in [1.807, 2.05) is 0 Å². The van der Waals surface area contributed by atoms with E-state index in [0.717, 1.165) is 30.6 Å². The van der Waals surface area contributed by atoms with Crippen LogP contribution in [0.3, 0.4) is 0 Å². The number of halogens is 3. The zero-order valence-electron chi connectivity index (χ0n) is 12.2. The van der Waals surface area contributed by atoms with Gasteiger partial charge in [-0.25, -0.2) is 8.42 Å². The molecule has 0 saturated carbocycles. The van der Waals surface area contributed by atoms with Crippen molar-refractivity contribution in [1.82, 2.24) is 9.19 Å². The number of nitriles is 1. The van der Waals surface area contributed by atoms with Crippen molar-refractivity contribution >= 4 is 10.0 Å². The van der Waals surface area contributed by atoms with Gasteiger partial charge in [0.05, 0.1) is 34.8 Å². The normalized spacial score (nSPS) is 12.4. The number of aromatic nitrogens is 2. The van der Waals surface area contributed by atoms with Crippen LogP contribution in [0.2, 0.25) is 0 Å². The minimum Gasteiger partial charge on any atom is -0.204 e. The van der Waals surface area contributed by atoms with Crippen molar-refractivity contribution in [2.75, 3.05) is 0 Å². The van der Waals surface area contributed by atoms with Crippen LogP contribution in [0.15, 0.2) is 30.6 Å². The first-order chi connectivity index (χ1) is 10.6. The van der Waals surface area contributed by atoms with Crippen molar-refractivity contribution in [1.29, 1.82) is 5.26 Å². The van der Waals surface area contributed by atoms with Crippen LogP contribution in [0.1, 0.15) is 25.0 Å². The Kier molecular flexibility index (Phi) is 4.22. The molecule has 0 atom stereocenters. The van der Waals surface area contributed by atoms with Gasteiger partial charge in [-0.15, -0.1) is 0 Å². The summed E-state index contributed by atoms with van der Waals surface area (Å²) in [7, 11) is -3.72. The molecule has 1 heterocycles. The highest BCUT2D eigenvalue weighted by molar-refractivity contribution is 7.90. The summed E-state index contributed by atoms with van der Waals surface area (Å²) < 4.78 is 63.2. The number of alkyl halides is 3. The van der Waals surface area contributed by atoms with Gasteiger partial charge in [0.2, 0.25) is 0 Å². The molecule has 0 fully saturated rings. The zero-order chi connectivity index (χ0) is 17.4. The van der Waals surface area contributed by atoms with Crippen molar-refractivity contribution in [3.63, 3.8) is 0 Å². The molecule has 2 rings (SSSR count). The van der Waals surface area contributed by atoms with Crippen LogP contribution in [0.4, 0.5) is 13.2 Å². The molecule has 122 valence electrons. The lowest BCUT2D eigenvalue weighted by Crippen LogP contribution is -2.22. The highest BCUT2D eigenvalue weighted by atomic mass is 32.2. The Hall–Kier alpha value is -2.34. The van der Waals surface area contributed by atoms with Crippen LogP contribution in [0.5, 0.6) is 0 Å². The Morgan fingerprint density at radius 2 is 1.96 bits per heavy atom. The summed E-state index contributed by atoms with van der Waals surface area (Å²) in [5.41, 5.74) is -0.824.